The van der Waals surface area contributed by atoms with Crippen molar-refractivity contribution in [2.45, 2.75) is 109 Å². The number of nitrogens with one attached hydrogen (secondary N) is 3. The number of pyridine rings is 1. The van der Waals surface area contributed by atoms with Crippen molar-refractivity contribution in [3.8, 4) is 0 Å². The molecule has 308 valence electrons. The highest BCUT2D eigenvalue weighted by Gasteiger charge is 2.48. The molecule has 4 aromatic rings. The Hall–Kier alpha value is -5.47. The lowest BCUT2D eigenvalue weighted by Crippen LogP contribution is -2.54. The zero-order valence-corrected chi connectivity index (χ0v) is 33.9. The lowest BCUT2D eigenvalue weighted by molar-refractivity contribution is -0.136. The average Bonchev–Trinajstić information content (AvgIpc) is 3.72. The van der Waals surface area contributed by atoms with Crippen LogP contribution in [0.3, 0.4) is 0 Å². The fraction of sp³-hybridized carbons (Fsp3) is 0.489. The molecule has 2 aromatic heterocycles. The molecule has 9 rings (SSSR count). The van der Waals surface area contributed by atoms with Crippen LogP contribution in [0.5, 0.6) is 0 Å². The molecule has 2 aliphatic carbocycles. The Kier molecular flexibility index (Phi) is 9.90. The lowest BCUT2D eigenvalue weighted by atomic mass is 9.60. The predicted octanol–water partition coefficient (Wildman–Crippen LogP) is 5.71. The quantitative estimate of drug-likeness (QED) is 0.153. The van der Waals surface area contributed by atoms with Gasteiger partial charge < -0.3 is 20.6 Å². The van der Waals surface area contributed by atoms with Gasteiger partial charge in [0.05, 0.1) is 28.3 Å². The molecule has 2 saturated carbocycles. The average molecular weight is 801 g/mol. The van der Waals surface area contributed by atoms with E-state index in [9.17, 15) is 29.1 Å². The maximum absolute atomic E-state index is 13.6. The van der Waals surface area contributed by atoms with Crippen LogP contribution in [-0.4, -0.2) is 90.9 Å². The summed E-state index contributed by atoms with van der Waals surface area (Å²) in [6.07, 6.45) is 11.0. The van der Waals surface area contributed by atoms with Gasteiger partial charge in [0.2, 0.25) is 11.8 Å². The third kappa shape index (κ3) is 7.52. The van der Waals surface area contributed by atoms with E-state index in [0.29, 0.717) is 45.7 Å². The minimum atomic E-state index is -1.19. The van der Waals surface area contributed by atoms with Crippen molar-refractivity contribution < 1.29 is 29.1 Å². The number of nitrogens with zero attached hydrogens (tertiary/aromatic N) is 5. The number of piperidine rings is 2. The Morgan fingerprint density at radius 2 is 1.69 bits per heavy atom. The molecule has 2 aromatic carbocycles. The van der Waals surface area contributed by atoms with Crippen LogP contribution in [0.2, 0.25) is 0 Å². The molecule has 0 radical (unpaired) electrons. The van der Waals surface area contributed by atoms with Crippen LogP contribution in [0.4, 0.5) is 11.4 Å². The van der Waals surface area contributed by atoms with E-state index in [1.54, 1.807) is 38.1 Å². The molecule has 3 aliphatic heterocycles. The Bertz CT molecular complexity index is 2360. The summed E-state index contributed by atoms with van der Waals surface area (Å²) in [4.78, 5) is 72.2. The van der Waals surface area contributed by atoms with Crippen molar-refractivity contribution in [3.05, 3.63) is 82.8 Å². The summed E-state index contributed by atoms with van der Waals surface area (Å²) in [7, 11) is 0. The van der Waals surface area contributed by atoms with E-state index in [4.69, 9.17) is 5.10 Å². The SMILES string of the molecule is Cc1cccc(C(=O)Nc2cc3cn([C@H]4CC[C@H](CN5CCC6(CC5)CC(Nc5cccc7c5C(=O)N(C5CCC(=O)NC5=O)C7=O)C6)CC4)nc3cc2C(C)(C)O)n1. The summed E-state index contributed by atoms with van der Waals surface area (Å²) in [5.74, 6) is -1.65. The van der Waals surface area contributed by atoms with Crippen LogP contribution in [0, 0.1) is 18.3 Å². The highest BCUT2D eigenvalue weighted by molar-refractivity contribution is 6.25. The number of rotatable bonds is 9. The van der Waals surface area contributed by atoms with Crippen LogP contribution in [0.25, 0.3) is 10.9 Å². The number of amides is 5. The second-order valence-electron chi connectivity index (χ2n) is 18.1. The number of aryl methyl sites for hydroxylation is 1. The van der Waals surface area contributed by atoms with Gasteiger partial charge in [-0.15, -0.1) is 0 Å². The molecular weight excluding hydrogens is 749 g/mol. The second kappa shape index (κ2) is 15.0. The van der Waals surface area contributed by atoms with E-state index < -0.39 is 29.4 Å². The van der Waals surface area contributed by atoms with Crippen LogP contribution in [-0.2, 0) is 15.2 Å². The van der Waals surface area contributed by atoms with E-state index in [1.807, 2.05) is 31.2 Å². The Labute approximate surface area is 343 Å². The standard InChI is InChI=1S/C45H52N8O6/c1-26-6-4-9-34(46-26)40(55)48-36-20-28-25-52(50-35(28)21-32(36)44(2,3)59)30-12-10-27(11-13-30)24-51-18-16-45(17-19-51)22-29(23-45)47-33-8-5-7-31-39(33)43(58)53(42(31)57)37-14-15-38(54)49-41(37)56/h4-9,20-21,25,27,29-30,37,47,59H,10-19,22-24H2,1-3H3,(H,48,55)(H,49,54,56)/t27-,30-,37?. The molecule has 1 spiro atoms. The summed E-state index contributed by atoms with van der Waals surface area (Å²) in [5, 5.41) is 25.7. The van der Waals surface area contributed by atoms with E-state index in [0.717, 1.165) is 92.5 Å². The highest BCUT2D eigenvalue weighted by Crippen LogP contribution is 2.51. The van der Waals surface area contributed by atoms with Gasteiger partial charge in [-0.2, -0.15) is 5.10 Å². The molecule has 14 heteroatoms. The first-order chi connectivity index (χ1) is 28.2. The summed E-state index contributed by atoms with van der Waals surface area (Å²) < 4.78 is 2.08. The van der Waals surface area contributed by atoms with Crippen molar-refractivity contribution in [2.75, 3.05) is 30.3 Å². The van der Waals surface area contributed by atoms with Crippen LogP contribution in [0.15, 0.2) is 54.7 Å². The van der Waals surface area contributed by atoms with E-state index in [2.05, 4.69) is 36.7 Å². The van der Waals surface area contributed by atoms with Gasteiger partial charge in [-0.3, -0.25) is 38.9 Å². The molecule has 5 amide bonds. The molecule has 1 atom stereocenters. The van der Waals surface area contributed by atoms with Gasteiger partial charge in [0, 0.05) is 53.2 Å². The monoisotopic (exact) mass is 800 g/mol. The lowest BCUT2D eigenvalue weighted by Gasteiger charge is -2.53. The minimum absolute atomic E-state index is 0.0919. The summed E-state index contributed by atoms with van der Waals surface area (Å²) >= 11 is 0. The molecule has 4 fully saturated rings. The third-order valence-electron chi connectivity index (χ3n) is 13.5. The highest BCUT2D eigenvalue weighted by atomic mass is 16.3. The molecule has 0 bridgehead atoms. The van der Waals surface area contributed by atoms with Gasteiger partial charge in [-0.05, 0) is 139 Å². The molecule has 1 unspecified atom stereocenters. The third-order valence-corrected chi connectivity index (χ3v) is 13.5. The fourth-order valence-corrected chi connectivity index (χ4v) is 10.3. The molecule has 14 nitrogen and oxygen atoms in total. The molecular formula is C45H52N8O6. The van der Waals surface area contributed by atoms with Crippen LogP contribution in [0.1, 0.15) is 127 Å². The minimum Gasteiger partial charge on any atom is -0.386 e. The van der Waals surface area contributed by atoms with E-state index in [1.165, 1.54) is 0 Å². The number of aromatic nitrogens is 3. The zero-order valence-electron chi connectivity index (χ0n) is 33.9. The normalized spacial score (nSPS) is 23.7. The maximum Gasteiger partial charge on any atom is 0.274 e. The molecule has 59 heavy (non-hydrogen) atoms. The van der Waals surface area contributed by atoms with Gasteiger partial charge in [-0.25, -0.2) is 4.98 Å². The van der Waals surface area contributed by atoms with E-state index >= 15 is 0 Å². The smallest absolute Gasteiger partial charge is 0.274 e. The summed E-state index contributed by atoms with van der Waals surface area (Å²) in [6, 6.07) is 13.9. The van der Waals surface area contributed by atoms with Crippen molar-refractivity contribution >= 4 is 51.8 Å². The van der Waals surface area contributed by atoms with Gasteiger partial charge in [0.15, 0.2) is 0 Å². The number of likely N-dealkylation sites (tertiary alicyclic amines) is 1. The molecule has 5 aliphatic rings. The largest absolute Gasteiger partial charge is 0.386 e. The number of hydrogen-bond acceptors (Lipinski definition) is 10. The van der Waals surface area contributed by atoms with Gasteiger partial charge >= 0.3 is 0 Å². The van der Waals surface area contributed by atoms with Gasteiger partial charge in [0.25, 0.3) is 17.7 Å². The van der Waals surface area contributed by atoms with Crippen LogP contribution >= 0.6 is 0 Å². The van der Waals surface area contributed by atoms with Gasteiger partial charge in [-0.1, -0.05) is 12.1 Å². The number of benzene rings is 2. The number of carbonyl (C=O) groups excluding carboxylic acids is 5. The number of aliphatic hydroxyl groups is 1. The number of fused-ring (bicyclic) bond motifs is 2. The first-order valence-electron chi connectivity index (χ1n) is 21.1. The number of anilines is 2. The number of hydrogen-bond donors (Lipinski definition) is 4. The van der Waals surface area contributed by atoms with Crippen LogP contribution < -0.4 is 16.0 Å². The van der Waals surface area contributed by atoms with Crippen molar-refractivity contribution in [1.29, 1.82) is 0 Å². The number of imide groups is 2. The second-order valence-corrected chi connectivity index (χ2v) is 18.1. The summed E-state index contributed by atoms with van der Waals surface area (Å²) in [6.45, 7) is 8.53. The molecule has 5 heterocycles. The molecule has 2 saturated heterocycles. The first kappa shape index (κ1) is 39.0. The summed E-state index contributed by atoms with van der Waals surface area (Å²) in [5.41, 5.74) is 3.37. The Morgan fingerprint density at radius 1 is 0.949 bits per heavy atom. The maximum atomic E-state index is 13.6. The zero-order chi connectivity index (χ0) is 41.2. The van der Waals surface area contributed by atoms with Crippen molar-refractivity contribution in [2.24, 2.45) is 11.3 Å². The Morgan fingerprint density at radius 3 is 2.41 bits per heavy atom. The van der Waals surface area contributed by atoms with Crippen molar-refractivity contribution in [1.82, 2.24) is 29.9 Å². The van der Waals surface area contributed by atoms with E-state index in [-0.39, 0.29) is 36.1 Å². The van der Waals surface area contributed by atoms with Gasteiger partial charge in [0.1, 0.15) is 11.7 Å². The fourth-order valence-electron chi connectivity index (χ4n) is 10.3. The predicted molar refractivity (Wildman–Crippen MR) is 221 cm³/mol. The first-order valence-corrected chi connectivity index (χ1v) is 21.1. The topological polar surface area (TPSA) is 179 Å². The Balaban J connectivity index is 0.763. The number of carbonyl (C=O) groups is 5. The van der Waals surface area contributed by atoms with Crippen molar-refractivity contribution in [3.63, 3.8) is 0 Å². The molecule has 4 N–H and O–H groups in total.